The largest absolute Gasteiger partial charge is 0.381 e. The van der Waals surface area contributed by atoms with Gasteiger partial charge in [0.1, 0.15) is 0 Å². The molecule has 1 aliphatic heterocycles. The molecular weight excluding hydrogens is 206 g/mol. The minimum absolute atomic E-state index is 0.427. The van der Waals surface area contributed by atoms with Crippen LogP contribution in [0.4, 0.5) is 0 Å². The van der Waals surface area contributed by atoms with Gasteiger partial charge in [0.15, 0.2) is 0 Å². The second-order valence-corrected chi connectivity index (χ2v) is 5.78. The van der Waals surface area contributed by atoms with E-state index in [9.17, 15) is 0 Å². The van der Waals surface area contributed by atoms with Crippen molar-refractivity contribution in [1.29, 1.82) is 0 Å². The summed E-state index contributed by atoms with van der Waals surface area (Å²) in [7, 11) is 0. The van der Waals surface area contributed by atoms with Crippen LogP contribution in [0.5, 0.6) is 0 Å². The van der Waals surface area contributed by atoms with E-state index in [1.165, 1.54) is 30.8 Å². The van der Waals surface area contributed by atoms with Crippen LogP contribution < -0.4 is 5.32 Å². The molecule has 0 aliphatic carbocycles. The van der Waals surface area contributed by atoms with E-state index in [4.69, 9.17) is 4.74 Å². The van der Waals surface area contributed by atoms with Crippen LogP contribution in [0.3, 0.4) is 0 Å². The SMILES string of the molecule is CCNCC1(CCSCC)CCCOC1. The molecule has 1 fully saturated rings. The van der Waals surface area contributed by atoms with Crippen molar-refractivity contribution in [2.75, 3.05) is 37.8 Å². The van der Waals surface area contributed by atoms with Gasteiger partial charge in [0, 0.05) is 18.6 Å². The molecule has 0 amide bonds. The molecule has 0 aromatic rings. The Labute approximate surface area is 98.5 Å². The third kappa shape index (κ3) is 4.75. The first-order valence-corrected chi connectivity index (χ1v) is 7.34. The van der Waals surface area contributed by atoms with E-state index >= 15 is 0 Å². The monoisotopic (exact) mass is 231 g/mol. The molecule has 0 aromatic carbocycles. The predicted molar refractivity (Wildman–Crippen MR) is 68.6 cm³/mol. The molecule has 0 aromatic heterocycles. The Morgan fingerprint density at radius 1 is 1.40 bits per heavy atom. The van der Waals surface area contributed by atoms with Crippen molar-refractivity contribution in [1.82, 2.24) is 5.32 Å². The van der Waals surface area contributed by atoms with Gasteiger partial charge in [-0.05, 0) is 37.3 Å². The molecule has 90 valence electrons. The molecule has 1 unspecified atom stereocenters. The zero-order valence-electron chi connectivity index (χ0n) is 10.2. The molecule has 15 heavy (non-hydrogen) atoms. The highest BCUT2D eigenvalue weighted by atomic mass is 32.2. The Balaban J connectivity index is 2.35. The summed E-state index contributed by atoms with van der Waals surface area (Å²) in [6, 6.07) is 0. The number of hydrogen-bond donors (Lipinski definition) is 1. The summed E-state index contributed by atoms with van der Waals surface area (Å²) in [4.78, 5) is 0. The molecule has 0 radical (unpaired) electrons. The summed E-state index contributed by atoms with van der Waals surface area (Å²) in [5.41, 5.74) is 0.427. The molecule has 1 atom stereocenters. The third-order valence-corrected chi connectivity index (χ3v) is 4.04. The van der Waals surface area contributed by atoms with E-state index in [2.05, 4.69) is 30.9 Å². The fourth-order valence-electron chi connectivity index (χ4n) is 2.16. The van der Waals surface area contributed by atoms with Crippen LogP contribution in [-0.2, 0) is 4.74 Å². The molecular formula is C12H25NOS. The maximum atomic E-state index is 5.66. The van der Waals surface area contributed by atoms with Crippen molar-refractivity contribution in [3.63, 3.8) is 0 Å². The van der Waals surface area contributed by atoms with E-state index in [1.807, 2.05) is 0 Å². The van der Waals surface area contributed by atoms with Crippen molar-refractivity contribution in [2.24, 2.45) is 5.41 Å². The van der Waals surface area contributed by atoms with E-state index < -0.39 is 0 Å². The second kappa shape index (κ2) is 7.53. The average Bonchev–Trinajstić information content (AvgIpc) is 2.28. The highest BCUT2D eigenvalue weighted by molar-refractivity contribution is 7.99. The zero-order valence-corrected chi connectivity index (χ0v) is 11.0. The number of nitrogens with one attached hydrogen (secondary N) is 1. The molecule has 1 aliphatic rings. The average molecular weight is 231 g/mol. The molecule has 0 bridgehead atoms. The smallest absolute Gasteiger partial charge is 0.0534 e. The van der Waals surface area contributed by atoms with Crippen LogP contribution in [0.1, 0.15) is 33.1 Å². The summed E-state index contributed by atoms with van der Waals surface area (Å²) in [5.74, 6) is 2.52. The first-order valence-electron chi connectivity index (χ1n) is 6.19. The minimum Gasteiger partial charge on any atom is -0.381 e. The molecule has 1 heterocycles. The van der Waals surface area contributed by atoms with Gasteiger partial charge in [0.05, 0.1) is 6.61 Å². The molecule has 0 spiro atoms. The first kappa shape index (κ1) is 13.3. The van der Waals surface area contributed by atoms with Crippen LogP contribution in [0.2, 0.25) is 0 Å². The summed E-state index contributed by atoms with van der Waals surface area (Å²) in [5, 5.41) is 3.50. The number of hydrogen-bond acceptors (Lipinski definition) is 3. The lowest BCUT2D eigenvalue weighted by Crippen LogP contribution is -2.41. The molecule has 0 saturated carbocycles. The van der Waals surface area contributed by atoms with Gasteiger partial charge in [-0.2, -0.15) is 11.8 Å². The first-order chi connectivity index (χ1) is 7.33. The maximum Gasteiger partial charge on any atom is 0.0534 e. The molecule has 1 saturated heterocycles. The highest BCUT2D eigenvalue weighted by Gasteiger charge is 2.31. The fourth-order valence-corrected chi connectivity index (χ4v) is 3.02. The van der Waals surface area contributed by atoms with E-state index in [0.29, 0.717) is 5.41 Å². The number of rotatable bonds is 7. The van der Waals surface area contributed by atoms with E-state index in [-0.39, 0.29) is 0 Å². The molecule has 3 heteroatoms. The second-order valence-electron chi connectivity index (χ2n) is 4.38. The van der Waals surface area contributed by atoms with Gasteiger partial charge in [0.25, 0.3) is 0 Å². The fraction of sp³-hybridized carbons (Fsp3) is 1.00. The number of ether oxygens (including phenoxy) is 1. The van der Waals surface area contributed by atoms with Gasteiger partial charge in [-0.25, -0.2) is 0 Å². The lowest BCUT2D eigenvalue weighted by molar-refractivity contribution is -0.00848. The predicted octanol–water partition coefficient (Wildman–Crippen LogP) is 2.54. The van der Waals surface area contributed by atoms with Crippen molar-refractivity contribution in [2.45, 2.75) is 33.1 Å². The van der Waals surface area contributed by atoms with Gasteiger partial charge in [-0.3, -0.25) is 0 Å². The molecule has 2 nitrogen and oxygen atoms in total. The van der Waals surface area contributed by atoms with Crippen LogP contribution in [0.25, 0.3) is 0 Å². The molecule has 1 rings (SSSR count). The summed E-state index contributed by atoms with van der Waals surface area (Å²) < 4.78 is 5.66. The van der Waals surface area contributed by atoms with Gasteiger partial charge in [-0.15, -0.1) is 0 Å². The Morgan fingerprint density at radius 3 is 2.87 bits per heavy atom. The van der Waals surface area contributed by atoms with Crippen LogP contribution in [0, 0.1) is 5.41 Å². The zero-order chi connectivity index (χ0) is 11.0. The van der Waals surface area contributed by atoms with Gasteiger partial charge in [-0.1, -0.05) is 13.8 Å². The quantitative estimate of drug-likeness (QED) is 0.680. The third-order valence-electron chi connectivity index (χ3n) is 3.13. The lowest BCUT2D eigenvalue weighted by atomic mass is 9.80. The standard InChI is InChI=1S/C12H25NOS/c1-3-13-10-12(7-9-15-4-2)6-5-8-14-11-12/h13H,3-11H2,1-2H3. The normalized spacial score (nSPS) is 26.8. The minimum atomic E-state index is 0.427. The summed E-state index contributed by atoms with van der Waals surface area (Å²) in [6.45, 7) is 8.55. The maximum absolute atomic E-state index is 5.66. The van der Waals surface area contributed by atoms with Crippen molar-refractivity contribution >= 4 is 11.8 Å². The van der Waals surface area contributed by atoms with Crippen molar-refractivity contribution < 1.29 is 4.74 Å². The van der Waals surface area contributed by atoms with Crippen molar-refractivity contribution in [3.05, 3.63) is 0 Å². The Morgan fingerprint density at radius 2 is 2.27 bits per heavy atom. The van der Waals surface area contributed by atoms with Gasteiger partial charge in [0.2, 0.25) is 0 Å². The Hall–Kier alpha value is 0.270. The van der Waals surface area contributed by atoms with E-state index in [1.54, 1.807) is 0 Å². The van der Waals surface area contributed by atoms with E-state index in [0.717, 1.165) is 26.3 Å². The Kier molecular flexibility index (Phi) is 6.69. The summed E-state index contributed by atoms with van der Waals surface area (Å²) in [6.07, 6.45) is 3.88. The lowest BCUT2D eigenvalue weighted by Gasteiger charge is -2.37. The van der Waals surface area contributed by atoms with Crippen LogP contribution >= 0.6 is 11.8 Å². The molecule has 1 N–H and O–H groups in total. The topological polar surface area (TPSA) is 21.3 Å². The van der Waals surface area contributed by atoms with Crippen LogP contribution in [0.15, 0.2) is 0 Å². The van der Waals surface area contributed by atoms with Crippen molar-refractivity contribution in [3.8, 4) is 0 Å². The number of thioether (sulfide) groups is 1. The van der Waals surface area contributed by atoms with Gasteiger partial charge >= 0.3 is 0 Å². The summed E-state index contributed by atoms with van der Waals surface area (Å²) >= 11 is 2.05. The highest BCUT2D eigenvalue weighted by Crippen LogP contribution is 2.32. The Bertz CT molecular complexity index is 158. The van der Waals surface area contributed by atoms with Gasteiger partial charge < -0.3 is 10.1 Å². The van der Waals surface area contributed by atoms with Crippen LogP contribution in [-0.4, -0.2) is 37.8 Å².